The number of likely N-dealkylation sites (tertiary alicyclic amines) is 1. The number of piperidine rings is 1. The zero-order chi connectivity index (χ0) is 15.7. The van der Waals surface area contributed by atoms with Crippen LogP contribution in [0.5, 0.6) is 0 Å². The zero-order valence-corrected chi connectivity index (χ0v) is 13.1. The molecule has 0 spiro atoms. The third-order valence-electron chi connectivity index (χ3n) is 4.53. The molecular weight excluding hydrogens is 280 g/mol. The van der Waals surface area contributed by atoms with E-state index in [-0.39, 0.29) is 11.5 Å². The van der Waals surface area contributed by atoms with Crippen LogP contribution in [0.3, 0.4) is 0 Å². The van der Waals surface area contributed by atoms with E-state index in [0.717, 1.165) is 25.9 Å². The van der Waals surface area contributed by atoms with Gasteiger partial charge < -0.3 is 19.8 Å². The molecule has 0 aliphatic carbocycles. The fourth-order valence-electron chi connectivity index (χ4n) is 3.05. The molecule has 1 amide bonds. The largest absolute Gasteiger partial charge is 0.357 e. The number of fused-ring (bicyclic) bond motifs is 1. The van der Waals surface area contributed by atoms with Gasteiger partial charge in [-0.2, -0.15) is 0 Å². The van der Waals surface area contributed by atoms with E-state index in [9.17, 15) is 9.59 Å². The molecule has 0 atom stereocenters. The molecular formula is C16H22N4O2. The molecule has 1 fully saturated rings. The summed E-state index contributed by atoms with van der Waals surface area (Å²) in [7, 11) is 3.79. The molecule has 6 nitrogen and oxygen atoms in total. The number of H-pyrrole nitrogens is 1. The molecule has 0 unspecified atom stereocenters. The van der Waals surface area contributed by atoms with Gasteiger partial charge in [0, 0.05) is 31.4 Å². The van der Waals surface area contributed by atoms with E-state index in [4.69, 9.17) is 0 Å². The molecule has 0 saturated carbocycles. The molecule has 2 N–H and O–H groups in total. The van der Waals surface area contributed by atoms with Gasteiger partial charge in [-0.1, -0.05) is 0 Å². The number of amides is 1. The Bertz CT molecular complexity index is 738. The number of hydrogen-bond donors (Lipinski definition) is 2. The van der Waals surface area contributed by atoms with Gasteiger partial charge in [0.2, 0.25) is 0 Å². The van der Waals surface area contributed by atoms with E-state index in [1.54, 1.807) is 25.5 Å². The number of aromatic nitrogens is 2. The second-order valence-electron chi connectivity index (χ2n) is 6.18. The van der Waals surface area contributed by atoms with Crippen LogP contribution in [-0.4, -0.2) is 47.0 Å². The Hall–Kier alpha value is -2.08. The molecule has 0 bridgehead atoms. The van der Waals surface area contributed by atoms with Gasteiger partial charge >= 0.3 is 0 Å². The smallest absolute Gasteiger partial charge is 0.274 e. The number of carbonyl (C=O) groups is 1. The van der Waals surface area contributed by atoms with Crippen molar-refractivity contribution in [2.75, 3.05) is 26.7 Å². The van der Waals surface area contributed by atoms with Gasteiger partial charge in [-0.05, 0) is 45.0 Å². The van der Waals surface area contributed by atoms with Crippen molar-refractivity contribution < 1.29 is 4.79 Å². The monoisotopic (exact) mass is 302 g/mol. The maximum atomic E-state index is 12.5. The lowest BCUT2D eigenvalue weighted by molar-refractivity contribution is 0.0940. The van der Waals surface area contributed by atoms with Crippen molar-refractivity contribution in [2.24, 2.45) is 13.0 Å². The van der Waals surface area contributed by atoms with Crippen molar-refractivity contribution in [2.45, 2.75) is 12.8 Å². The maximum Gasteiger partial charge on any atom is 0.274 e. The molecule has 1 aliphatic rings. The normalized spacial score (nSPS) is 17.0. The molecule has 1 saturated heterocycles. The third-order valence-corrected chi connectivity index (χ3v) is 4.53. The summed E-state index contributed by atoms with van der Waals surface area (Å²) in [4.78, 5) is 29.7. The van der Waals surface area contributed by atoms with Gasteiger partial charge in [0.05, 0.1) is 5.56 Å². The molecule has 3 heterocycles. The summed E-state index contributed by atoms with van der Waals surface area (Å²) in [6.45, 7) is 2.87. The minimum atomic E-state index is -0.119. The highest BCUT2D eigenvalue weighted by atomic mass is 16.2. The van der Waals surface area contributed by atoms with Crippen LogP contribution >= 0.6 is 0 Å². The molecule has 6 heteroatoms. The molecule has 0 radical (unpaired) electrons. The Morgan fingerprint density at radius 1 is 1.36 bits per heavy atom. The van der Waals surface area contributed by atoms with Gasteiger partial charge in [-0.25, -0.2) is 0 Å². The van der Waals surface area contributed by atoms with Crippen LogP contribution in [0.4, 0.5) is 0 Å². The molecule has 118 valence electrons. The molecule has 0 aromatic carbocycles. The van der Waals surface area contributed by atoms with E-state index in [0.29, 0.717) is 28.9 Å². The predicted octanol–water partition coefficient (Wildman–Crippen LogP) is 0.938. The van der Waals surface area contributed by atoms with E-state index in [1.807, 2.05) is 0 Å². The molecule has 1 aliphatic heterocycles. The Kier molecular flexibility index (Phi) is 4.02. The van der Waals surface area contributed by atoms with Crippen molar-refractivity contribution in [1.82, 2.24) is 19.8 Å². The van der Waals surface area contributed by atoms with Crippen molar-refractivity contribution in [3.8, 4) is 0 Å². The van der Waals surface area contributed by atoms with Gasteiger partial charge in [0.1, 0.15) is 5.52 Å². The van der Waals surface area contributed by atoms with Gasteiger partial charge in [0.25, 0.3) is 11.5 Å². The van der Waals surface area contributed by atoms with E-state index in [1.165, 1.54) is 4.57 Å². The first-order valence-corrected chi connectivity index (χ1v) is 7.69. The number of rotatable bonds is 3. The summed E-state index contributed by atoms with van der Waals surface area (Å²) in [5.41, 5.74) is 0.910. The van der Waals surface area contributed by atoms with Crippen LogP contribution in [0.15, 0.2) is 23.3 Å². The number of nitrogens with one attached hydrogen (secondary N) is 2. The topological polar surface area (TPSA) is 70.1 Å². The lowest BCUT2D eigenvalue weighted by atomic mass is 9.97. The lowest BCUT2D eigenvalue weighted by Crippen LogP contribution is -2.37. The average Bonchev–Trinajstić information content (AvgIpc) is 3.00. The van der Waals surface area contributed by atoms with Crippen molar-refractivity contribution in [1.29, 1.82) is 0 Å². The van der Waals surface area contributed by atoms with Crippen molar-refractivity contribution in [3.05, 3.63) is 34.4 Å². The van der Waals surface area contributed by atoms with Gasteiger partial charge in [-0.3, -0.25) is 9.59 Å². The van der Waals surface area contributed by atoms with Crippen LogP contribution in [0.2, 0.25) is 0 Å². The first kappa shape index (κ1) is 14.8. The quantitative estimate of drug-likeness (QED) is 0.886. The number of pyridine rings is 1. The highest BCUT2D eigenvalue weighted by molar-refractivity contribution is 6.05. The number of carbonyl (C=O) groups excluding carboxylic acids is 1. The van der Waals surface area contributed by atoms with Gasteiger partial charge in [-0.15, -0.1) is 0 Å². The maximum absolute atomic E-state index is 12.5. The van der Waals surface area contributed by atoms with Crippen LogP contribution in [-0.2, 0) is 7.05 Å². The molecule has 3 rings (SSSR count). The zero-order valence-electron chi connectivity index (χ0n) is 13.1. The summed E-state index contributed by atoms with van der Waals surface area (Å²) in [6, 6.07) is 1.78. The first-order valence-electron chi connectivity index (χ1n) is 7.69. The Labute approximate surface area is 129 Å². The van der Waals surface area contributed by atoms with Crippen LogP contribution in [0.1, 0.15) is 23.2 Å². The van der Waals surface area contributed by atoms with E-state index in [2.05, 4.69) is 22.2 Å². The average molecular weight is 302 g/mol. The summed E-state index contributed by atoms with van der Waals surface area (Å²) in [5.74, 6) is 0.425. The highest BCUT2D eigenvalue weighted by Gasteiger charge is 2.19. The SMILES string of the molecule is CN1CCC(CNC(=O)c2cn(C)c(=O)c3[nH]ccc23)CC1. The third kappa shape index (κ3) is 2.78. The summed E-state index contributed by atoms with van der Waals surface area (Å²) < 4.78 is 1.45. The fourth-order valence-corrected chi connectivity index (χ4v) is 3.05. The van der Waals surface area contributed by atoms with Gasteiger partial charge in [0.15, 0.2) is 0 Å². The Morgan fingerprint density at radius 2 is 2.09 bits per heavy atom. The summed E-state index contributed by atoms with van der Waals surface area (Å²) in [6.07, 6.45) is 5.54. The number of nitrogens with zero attached hydrogens (tertiary/aromatic N) is 2. The molecule has 2 aromatic rings. The summed E-state index contributed by atoms with van der Waals surface area (Å²) in [5, 5.41) is 3.71. The standard InChI is InChI=1S/C16H22N4O2/c1-19-7-4-11(5-8-19)9-18-15(21)13-10-20(2)16(22)14-12(13)3-6-17-14/h3,6,10-11,17H,4-5,7-9H2,1-2H3,(H,18,21). The minimum Gasteiger partial charge on any atom is -0.357 e. The van der Waals surface area contributed by atoms with Crippen molar-refractivity contribution in [3.63, 3.8) is 0 Å². The number of aryl methyl sites for hydroxylation is 1. The minimum absolute atomic E-state index is 0.112. The van der Waals surface area contributed by atoms with Crippen LogP contribution in [0, 0.1) is 5.92 Å². The first-order chi connectivity index (χ1) is 10.6. The second-order valence-corrected chi connectivity index (χ2v) is 6.18. The molecule has 2 aromatic heterocycles. The highest BCUT2D eigenvalue weighted by Crippen LogP contribution is 2.16. The predicted molar refractivity (Wildman–Crippen MR) is 86.1 cm³/mol. The van der Waals surface area contributed by atoms with E-state index < -0.39 is 0 Å². The van der Waals surface area contributed by atoms with E-state index >= 15 is 0 Å². The number of hydrogen-bond acceptors (Lipinski definition) is 3. The fraction of sp³-hybridized carbons (Fsp3) is 0.500. The lowest BCUT2D eigenvalue weighted by Gasteiger charge is -2.28. The number of aromatic amines is 1. The Balaban J connectivity index is 1.74. The molecule has 22 heavy (non-hydrogen) atoms. The van der Waals surface area contributed by atoms with Crippen LogP contribution < -0.4 is 10.9 Å². The second kappa shape index (κ2) is 5.96. The van der Waals surface area contributed by atoms with Crippen molar-refractivity contribution >= 4 is 16.8 Å². The Morgan fingerprint density at radius 3 is 2.82 bits per heavy atom. The summed E-state index contributed by atoms with van der Waals surface area (Å²) >= 11 is 0. The van der Waals surface area contributed by atoms with Crippen LogP contribution in [0.25, 0.3) is 10.9 Å².